The minimum atomic E-state index is -0.754. The van der Waals surface area contributed by atoms with Gasteiger partial charge in [-0.1, -0.05) is 0 Å². The highest BCUT2D eigenvalue weighted by Gasteiger charge is 2.21. The van der Waals surface area contributed by atoms with Crippen LogP contribution in [0, 0.1) is 0 Å². The number of ether oxygens (including phenoxy) is 2. The molecule has 0 bridgehead atoms. The van der Waals surface area contributed by atoms with Crippen LogP contribution in [-0.2, 0) is 9.59 Å². The second-order valence-electron chi connectivity index (χ2n) is 5.73. The maximum Gasteiger partial charge on any atom is 0.313 e. The summed E-state index contributed by atoms with van der Waals surface area (Å²) >= 11 is 0. The molecule has 2 N–H and O–H groups in total. The molecule has 2 aromatic rings. The van der Waals surface area contributed by atoms with Crippen molar-refractivity contribution in [2.45, 2.75) is 6.04 Å². The maximum absolute atomic E-state index is 12.0. The highest BCUT2D eigenvalue weighted by Crippen LogP contribution is 2.34. The van der Waals surface area contributed by atoms with Gasteiger partial charge in [0.05, 0.1) is 12.3 Å². The number of rotatable bonds is 5. The van der Waals surface area contributed by atoms with E-state index < -0.39 is 11.8 Å². The minimum Gasteiger partial charge on any atom is -0.468 e. The average Bonchev–Trinajstić information content (AvgIpc) is 3.25. The Labute approximate surface area is 144 Å². The molecule has 0 saturated carbocycles. The molecule has 25 heavy (non-hydrogen) atoms. The van der Waals surface area contributed by atoms with Gasteiger partial charge in [-0.15, -0.1) is 0 Å². The van der Waals surface area contributed by atoms with Gasteiger partial charge in [-0.05, 0) is 38.4 Å². The van der Waals surface area contributed by atoms with Crippen LogP contribution in [0.2, 0.25) is 0 Å². The molecule has 1 aliphatic heterocycles. The Bertz CT molecular complexity index is 758. The van der Waals surface area contributed by atoms with Gasteiger partial charge in [-0.25, -0.2) is 0 Å². The SMILES string of the molecule is CN(C)[C@H](CNC(=O)C(=O)Nc1ccc2c(c1)OCO2)c1ccco1. The largest absolute Gasteiger partial charge is 0.468 e. The number of hydrogen-bond donors (Lipinski definition) is 2. The fourth-order valence-corrected chi connectivity index (χ4v) is 2.45. The van der Waals surface area contributed by atoms with Gasteiger partial charge in [0.1, 0.15) is 5.76 Å². The fourth-order valence-electron chi connectivity index (χ4n) is 2.45. The van der Waals surface area contributed by atoms with Crippen molar-refractivity contribution in [2.75, 3.05) is 32.7 Å². The van der Waals surface area contributed by atoms with Gasteiger partial charge in [0.15, 0.2) is 11.5 Å². The molecular weight excluding hydrogens is 326 g/mol. The van der Waals surface area contributed by atoms with Gasteiger partial charge in [-0.2, -0.15) is 0 Å². The molecule has 2 amide bonds. The summed E-state index contributed by atoms with van der Waals surface area (Å²) in [6, 6.07) is 8.36. The van der Waals surface area contributed by atoms with Crippen molar-refractivity contribution in [1.82, 2.24) is 10.2 Å². The Hall–Kier alpha value is -3.00. The number of amides is 2. The molecular formula is C17H19N3O5. The van der Waals surface area contributed by atoms with E-state index in [9.17, 15) is 9.59 Å². The summed E-state index contributed by atoms with van der Waals surface area (Å²) in [5.41, 5.74) is 0.458. The lowest BCUT2D eigenvalue weighted by Gasteiger charge is -2.22. The highest BCUT2D eigenvalue weighted by atomic mass is 16.7. The Morgan fingerprint density at radius 1 is 1.16 bits per heavy atom. The number of nitrogens with one attached hydrogen (secondary N) is 2. The van der Waals surface area contributed by atoms with Gasteiger partial charge in [0.2, 0.25) is 6.79 Å². The number of likely N-dealkylation sites (N-methyl/N-ethyl adjacent to an activating group) is 1. The summed E-state index contributed by atoms with van der Waals surface area (Å²) in [6.45, 7) is 0.389. The van der Waals surface area contributed by atoms with Crippen molar-refractivity contribution < 1.29 is 23.5 Å². The summed E-state index contributed by atoms with van der Waals surface area (Å²) in [5.74, 6) is 0.367. The van der Waals surface area contributed by atoms with Crippen molar-refractivity contribution in [3.8, 4) is 11.5 Å². The van der Waals surface area contributed by atoms with Crippen molar-refractivity contribution >= 4 is 17.5 Å². The van der Waals surface area contributed by atoms with E-state index >= 15 is 0 Å². The molecule has 1 aliphatic rings. The van der Waals surface area contributed by atoms with E-state index in [2.05, 4.69) is 10.6 Å². The smallest absolute Gasteiger partial charge is 0.313 e. The third-order valence-electron chi connectivity index (χ3n) is 3.79. The number of anilines is 1. The molecule has 0 aliphatic carbocycles. The summed E-state index contributed by atoms with van der Waals surface area (Å²) in [5, 5.41) is 5.15. The molecule has 132 valence electrons. The molecule has 8 nitrogen and oxygen atoms in total. The molecule has 3 rings (SSSR count). The van der Waals surface area contributed by atoms with E-state index in [1.54, 1.807) is 30.5 Å². The quantitative estimate of drug-likeness (QED) is 0.795. The Kier molecular flexibility index (Phi) is 4.90. The molecule has 8 heteroatoms. The lowest BCUT2D eigenvalue weighted by Crippen LogP contribution is -2.40. The van der Waals surface area contributed by atoms with E-state index in [0.29, 0.717) is 22.9 Å². The lowest BCUT2D eigenvalue weighted by atomic mass is 10.2. The summed E-state index contributed by atoms with van der Waals surface area (Å²) < 4.78 is 15.8. The molecule has 0 unspecified atom stereocenters. The third-order valence-corrected chi connectivity index (χ3v) is 3.79. The number of nitrogens with zero attached hydrogens (tertiary/aromatic N) is 1. The minimum absolute atomic E-state index is 0.145. The first-order chi connectivity index (χ1) is 12.0. The zero-order chi connectivity index (χ0) is 17.8. The molecule has 0 radical (unpaired) electrons. The second kappa shape index (κ2) is 7.27. The van der Waals surface area contributed by atoms with Crippen molar-refractivity contribution in [1.29, 1.82) is 0 Å². The first kappa shape index (κ1) is 16.8. The van der Waals surface area contributed by atoms with Crippen LogP contribution in [-0.4, -0.2) is 44.1 Å². The Morgan fingerprint density at radius 3 is 2.68 bits per heavy atom. The monoisotopic (exact) mass is 345 g/mol. The van der Waals surface area contributed by atoms with E-state index in [-0.39, 0.29) is 19.4 Å². The van der Waals surface area contributed by atoms with Gasteiger partial charge in [-0.3, -0.25) is 14.5 Å². The van der Waals surface area contributed by atoms with Crippen molar-refractivity contribution in [3.05, 3.63) is 42.4 Å². The van der Waals surface area contributed by atoms with Crippen LogP contribution in [0.5, 0.6) is 11.5 Å². The van der Waals surface area contributed by atoms with Crippen LogP contribution < -0.4 is 20.1 Å². The Morgan fingerprint density at radius 2 is 1.96 bits per heavy atom. The van der Waals surface area contributed by atoms with E-state index in [0.717, 1.165) is 0 Å². The van der Waals surface area contributed by atoms with Gasteiger partial charge in [0, 0.05) is 18.3 Å². The number of benzene rings is 1. The van der Waals surface area contributed by atoms with Crippen LogP contribution in [0.25, 0.3) is 0 Å². The molecule has 1 atom stereocenters. The predicted octanol–water partition coefficient (Wildman–Crippen LogP) is 1.37. The van der Waals surface area contributed by atoms with E-state index in [4.69, 9.17) is 13.9 Å². The standard InChI is InChI=1S/C17H19N3O5/c1-20(2)12(13-4-3-7-23-13)9-18-16(21)17(22)19-11-5-6-14-15(8-11)25-10-24-14/h3-8,12H,9-10H2,1-2H3,(H,18,21)(H,19,22)/t12-/m1/s1. The van der Waals surface area contributed by atoms with E-state index in [1.165, 1.54) is 0 Å². The molecule has 0 saturated heterocycles. The molecule has 0 fully saturated rings. The van der Waals surface area contributed by atoms with Crippen molar-refractivity contribution in [2.24, 2.45) is 0 Å². The normalized spacial score (nSPS) is 13.6. The maximum atomic E-state index is 12.0. The summed E-state index contributed by atoms with van der Waals surface area (Å²) in [4.78, 5) is 26.0. The zero-order valence-corrected chi connectivity index (χ0v) is 13.9. The van der Waals surface area contributed by atoms with Crippen molar-refractivity contribution in [3.63, 3.8) is 0 Å². The van der Waals surface area contributed by atoms with Crippen LogP contribution in [0.4, 0.5) is 5.69 Å². The molecule has 1 aromatic carbocycles. The molecule has 0 spiro atoms. The number of fused-ring (bicyclic) bond motifs is 1. The average molecular weight is 345 g/mol. The van der Waals surface area contributed by atoms with Gasteiger partial charge < -0.3 is 24.5 Å². The zero-order valence-electron chi connectivity index (χ0n) is 13.9. The van der Waals surface area contributed by atoms with E-state index in [1.807, 2.05) is 25.1 Å². The first-order valence-electron chi connectivity index (χ1n) is 7.73. The first-order valence-corrected chi connectivity index (χ1v) is 7.73. The summed E-state index contributed by atoms with van der Waals surface area (Å²) in [6.07, 6.45) is 1.57. The lowest BCUT2D eigenvalue weighted by molar-refractivity contribution is -0.136. The topological polar surface area (TPSA) is 93.0 Å². The Balaban J connectivity index is 1.56. The van der Waals surface area contributed by atoms with Crippen LogP contribution in [0.1, 0.15) is 11.8 Å². The number of furan rings is 1. The summed E-state index contributed by atoms with van der Waals surface area (Å²) in [7, 11) is 3.73. The number of carbonyl (C=O) groups is 2. The second-order valence-corrected chi connectivity index (χ2v) is 5.73. The third kappa shape index (κ3) is 3.92. The molecule has 1 aromatic heterocycles. The van der Waals surface area contributed by atoms with Gasteiger partial charge >= 0.3 is 11.8 Å². The van der Waals surface area contributed by atoms with Crippen LogP contribution >= 0.6 is 0 Å². The number of carbonyl (C=O) groups excluding carboxylic acids is 2. The highest BCUT2D eigenvalue weighted by molar-refractivity contribution is 6.39. The fraction of sp³-hybridized carbons (Fsp3) is 0.294. The van der Waals surface area contributed by atoms with Gasteiger partial charge in [0.25, 0.3) is 0 Å². The predicted molar refractivity (Wildman–Crippen MR) is 89.3 cm³/mol. The van der Waals surface area contributed by atoms with Crippen LogP contribution in [0.15, 0.2) is 41.0 Å². The van der Waals surface area contributed by atoms with Crippen LogP contribution in [0.3, 0.4) is 0 Å². The molecule has 2 heterocycles. The number of hydrogen-bond acceptors (Lipinski definition) is 6.